The van der Waals surface area contributed by atoms with Crippen LogP contribution in [0.3, 0.4) is 0 Å². The maximum atomic E-state index is 11.4. The molecule has 2 aliphatic heterocycles. The molecule has 1 N–H and O–H groups in total. The summed E-state index contributed by atoms with van der Waals surface area (Å²) in [6.45, 7) is 3.35. The lowest BCUT2D eigenvalue weighted by molar-refractivity contribution is -0.0779. The largest absolute Gasteiger partial charge is 0.373 e. The van der Waals surface area contributed by atoms with Gasteiger partial charge in [-0.25, -0.2) is 13.1 Å². The minimum atomic E-state index is -3.16. The Bertz CT molecular complexity index is 608. The van der Waals surface area contributed by atoms with Crippen LogP contribution in [0.25, 0.3) is 0 Å². The van der Waals surface area contributed by atoms with E-state index in [1.54, 1.807) is 0 Å². The molecule has 1 aromatic heterocycles. The van der Waals surface area contributed by atoms with E-state index in [0.29, 0.717) is 6.61 Å². The first-order chi connectivity index (χ1) is 10.4. The number of nitrogens with one attached hydrogen (secondary N) is 1. The quantitative estimate of drug-likeness (QED) is 0.885. The van der Waals surface area contributed by atoms with Crippen LogP contribution < -0.4 is 4.72 Å². The maximum absolute atomic E-state index is 11.4. The summed E-state index contributed by atoms with van der Waals surface area (Å²) >= 11 is 0. The highest BCUT2D eigenvalue weighted by atomic mass is 32.2. The summed E-state index contributed by atoms with van der Waals surface area (Å²) in [5.41, 5.74) is 1.04. The van der Waals surface area contributed by atoms with Crippen LogP contribution in [-0.2, 0) is 21.3 Å². The van der Waals surface area contributed by atoms with Gasteiger partial charge in [0, 0.05) is 44.7 Å². The van der Waals surface area contributed by atoms with E-state index < -0.39 is 10.0 Å². The highest BCUT2D eigenvalue weighted by Crippen LogP contribution is 2.35. The molecule has 2 saturated heterocycles. The Hall–Kier alpha value is -1.02. The molecule has 0 aliphatic carbocycles. The topological polar surface area (TPSA) is 71.5 Å². The highest BCUT2D eigenvalue weighted by Gasteiger charge is 2.43. The number of sulfonamides is 1. The predicted octanol–water partition coefficient (Wildman–Crippen LogP) is 0.754. The summed E-state index contributed by atoms with van der Waals surface area (Å²) in [4.78, 5) is 6.41. The van der Waals surface area contributed by atoms with Gasteiger partial charge in [-0.2, -0.15) is 0 Å². The molecule has 0 radical (unpaired) electrons. The van der Waals surface area contributed by atoms with E-state index in [1.807, 2.05) is 24.5 Å². The SMILES string of the molecule is CS(=O)(=O)N[C@@H]1CCO[C@]2(CCN(Cc3ccncc3)C2)C1. The number of pyridine rings is 1. The highest BCUT2D eigenvalue weighted by molar-refractivity contribution is 7.88. The van der Waals surface area contributed by atoms with Crippen molar-refractivity contribution in [2.75, 3.05) is 26.0 Å². The molecule has 1 spiro atoms. The number of nitrogens with zero attached hydrogens (tertiary/aromatic N) is 2. The number of aromatic nitrogens is 1. The van der Waals surface area contributed by atoms with E-state index in [2.05, 4.69) is 14.6 Å². The van der Waals surface area contributed by atoms with Crippen molar-refractivity contribution in [3.63, 3.8) is 0 Å². The molecule has 2 fully saturated rings. The number of rotatable bonds is 4. The van der Waals surface area contributed by atoms with E-state index in [9.17, 15) is 8.42 Å². The van der Waals surface area contributed by atoms with Crippen LogP contribution in [0.15, 0.2) is 24.5 Å². The van der Waals surface area contributed by atoms with Crippen molar-refractivity contribution in [2.45, 2.75) is 37.5 Å². The Morgan fingerprint density at radius 2 is 2.23 bits per heavy atom. The van der Waals surface area contributed by atoms with Crippen LogP contribution in [0, 0.1) is 0 Å². The number of ether oxygens (including phenoxy) is 1. The normalized spacial score (nSPS) is 30.0. The average Bonchev–Trinajstić information content (AvgIpc) is 2.80. The van der Waals surface area contributed by atoms with Crippen LogP contribution >= 0.6 is 0 Å². The summed E-state index contributed by atoms with van der Waals surface area (Å²) < 4.78 is 31.7. The molecule has 0 unspecified atom stereocenters. The summed E-state index contributed by atoms with van der Waals surface area (Å²) in [7, 11) is -3.16. The zero-order valence-electron chi connectivity index (χ0n) is 12.9. The Morgan fingerprint density at radius 1 is 1.45 bits per heavy atom. The number of hydrogen-bond donors (Lipinski definition) is 1. The second-order valence-electron chi connectivity index (χ2n) is 6.43. The first kappa shape index (κ1) is 15.9. The lowest BCUT2D eigenvalue weighted by Crippen LogP contribution is -2.49. The fourth-order valence-corrected chi connectivity index (χ4v) is 4.33. The molecular formula is C15H23N3O3S. The second kappa shape index (κ2) is 6.23. The van der Waals surface area contributed by atoms with E-state index >= 15 is 0 Å². The van der Waals surface area contributed by atoms with Crippen LogP contribution in [0.2, 0.25) is 0 Å². The van der Waals surface area contributed by atoms with Crippen LogP contribution in [0.5, 0.6) is 0 Å². The van der Waals surface area contributed by atoms with E-state index in [0.717, 1.165) is 38.9 Å². The Kier molecular flexibility index (Phi) is 4.49. The lowest BCUT2D eigenvalue weighted by Gasteiger charge is -2.38. The van der Waals surface area contributed by atoms with Crippen molar-refractivity contribution in [2.24, 2.45) is 0 Å². The maximum Gasteiger partial charge on any atom is 0.208 e. The molecule has 6 nitrogen and oxygen atoms in total. The molecule has 2 aliphatic rings. The molecule has 0 aromatic carbocycles. The van der Waals surface area contributed by atoms with Crippen molar-refractivity contribution in [1.29, 1.82) is 0 Å². The summed E-state index contributed by atoms with van der Waals surface area (Å²) in [5, 5.41) is 0. The summed E-state index contributed by atoms with van der Waals surface area (Å²) in [6.07, 6.45) is 7.31. The zero-order chi connectivity index (χ0) is 15.6. The lowest BCUT2D eigenvalue weighted by atomic mass is 9.90. The second-order valence-corrected chi connectivity index (χ2v) is 8.21. The molecule has 1 aromatic rings. The smallest absolute Gasteiger partial charge is 0.208 e. The first-order valence-corrected chi connectivity index (χ1v) is 9.56. The third-order valence-corrected chi connectivity index (χ3v) is 5.19. The molecule has 2 atom stereocenters. The molecular weight excluding hydrogens is 302 g/mol. The molecule has 0 amide bonds. The molecule has 22 heavy (non-hydrogen) atoms. The predicted molar refractivity (Wildman–Crippen MR) is 83.8 cm³/mol. The fraction of sp³-hybridized carbons (Fsp3) is 0.667. The number of likely N-dealkylation sites (tertiary alicyclic amines) is 1. The van der Waals surface area contributed by atoms with E-state index in [1.165, 1.54) is 11.8 Å². The van der Waals surface area contributed by atoms with Gasteiger partial charge in [-0.1, -0.05) is 0 Å². The summed E-state index contributed by atoms with van der Waals surface area (Å²) in [5.74, 6) is 0. The zero-order valence-corrected chi connectivity index (χ0v) is 13.7. The van der Waals surface area contributed by atoms with Crippen molar-refractivity contribution in [3.8, 4) is 0 Å². The van der Waals surface area contributed by atoms with Gasteiger partial charge in [0.15, 0.2) is 0 Å². The Labute approximate surface area is 131 Å². The summed E-state index contributed by atoms with van der Waals surface area (Å²) in [6, 6.07) is 4.05. The van der Waals surface area contributed by atoms with Crippen molar-refractivity contribution in [1.82, 2.24) is 14.6 Å². The molecule has 7 heteroatoms. The van der Waals surface area contributed by atoms with Crippen LogP contribution in [-0.4, -0.2) is 55.9 Å². The average molecular weight is 325 g/mol. The molecule has 0 saturated carbocycles. The Morgan fingerprint density at radius 3 is 2.95 bits per heavy atom. The van der Waals surface area contributed by atoms with Crippen LogP contribution in [0.1, 0.15) is 24.8 Å². The standard InChI is InChI=1S/C15H23N3O3S/c1-22(19,20)17-14-4-9-21-15(10-14)5-8-18(12-15)11-13-2-6-16-7-3-13/h2-3,6-7,14,17H,4-5,8-12H2,1H3/t14-,15-/m1/s1. The molecule has 3 rings (SSSR count). The van der Waals surface area contributed by atoms with E-state index in [-0.39, 0.29) is 11.6 Å². The monoisotopic (exact) mass is 325 g/mol. The fourth-order valence-electron chi connectivity index (χ4n) is 3.52. The third-order valence-electron chi connectivity index (χ3n) is 4.42. The minimum absolute atomic E-state index is 0.00961. The van der Waals surface area contributed by atoms with Gasteiger partial charge in [0.2, 0.25) is 10.0 Å². The molecule has 0 bridgehead atoms. The van der Waals surface area contributed by atoms with Crippen LogP contribution in [0.4, 0.5) is 0 Å². The molecule has 122 valence electrons. The third kappa shape index (κ3) is 4.04. The number of hydrogen-bond acceptors (Lipinski definition) is 5. The van der Waals surface area contributed by atoms with Gasteiger partial charge >= 0.3 is 0 Å². The van der Waals surface area contributed by atoms with Gasteiger partial charge in [0.1, 0.15) is 0 Å². The van der Waals surface area contributed by atoms with Gasteiger partial charge in [-0.3, -0.25) is 9.88 Å². The van der Waals surface area contributed by atoms with Gasteiger partial charge in [0.25, 0.3) is 0 Å². The minimum Gasteiger partial charge on any atom is -0.373 e. The van der Waals surface area contributed by atoms with Gasteiger partial charge in [0.05, 0.1) is 11.9 Å². The van der Waals surface area contributed by atoms with Gasteiger partial charge < -0.3 is 4.74 Å². The van der Waals surface area contributed by atoms with Crippen molar-refractivity contribution < 1.29 is 13.2 Å². The van der Waals surface area contributed by atoms with Crippen molar-refractivity contribution >= 4 is 10.0 Å². The van der Waals surface area contributed by atoms with Crippen molar-refractivity contribution in [3.05, 3.63) is 30.1 Å². The molecule has 3 heterocycles. The Balaban J connectivity index is 1.60. The van der Waals surface area contributed by atoms with Gasteiger partial charge in [-0.15, -0.1) is 0 Å². The van der Waals surface area contributed by atoms with E-state index in [4.69, 9.17) is 4.74 Å². The van der Waals surface area contributed by atoms with Gasteiger partial charge in [-0.05, 0) is 37.0 Å². The first-order valence-electron chi connectivity index (χ1n) is 7.67.